The SMILES string of the molecule is Cc1cc(C)c(C)c(O[C@@H](C)C(=O)N[C@@H]2C[C@@H]3CC[C@@H]2C3)c1. The number of hydrogen-bond acceptors (Lipinski definition) is 2. The van der Waals surface area contributed by atoms with Crippen LogP contribution >= 0.6 is 0 Å². The van der Waals surface area contributed by atoms with Gasteiger partial charge in [-0.25, -0.2) is 0 Å². The average Bonchev–Trinajstić information content (AvgIpc) is 3.06. The maximum absolute atomic E-state index is 12.4. The number of fused-ring (bicyclic) bond motifs is 2. The van der Waals surface area contributed by atoms with Gasteiger partial charge >= 0.3 is 0 Å². The molecule has 1 amide bonds. The summed E-state index contributed by atoms with van der Waals surface area (Å²) in [6.07, 6.45) is 4.65. The molecule has 0 radical (unpaired) electrons. The molecular weight excluding hydrogens is 274 g/mol. The highest BCUT2D eigenvalue weighted by molar-refractivity contribution is 5.81. The second kappa shape index (κ2) is 5.94. The molecular formula is C19H27NO2. The molecule has 120 valence electrons. The van der Waals surface area contributed by atoms with Gasteiger partial charge in [0.05, 0.1) is 0 Å². The monoisotopic (exact) mass is 301 g/mol. The van der Waals surface area contributed by atoms with Crippen LogP contribution in [-0.4, -0.2) is 18.1 Å². The summed E-state index contributed by atoms with van der Waals surface area (Å²) in [5.41, 5.74) is 3.49. The Kier molecular flexibility index (Phi) is 4.16. The lowest BCUT2D eigenvalue weighted by Gasteiger charge is -2.25. The molecule has 2 bridgehead atoms. The Balaban J connectivity index is 1.62. The molecule has 0 aromatic heterocycles. The Labute approximate surface area is 133 Å². The van der Waals surface area contributed by atoms with Gasteiger partial charge in [0.15, 0.2) is 6.10 Å². The predicted octanol–water partition coefficient (Wildman–Crippen LogP) is 3.68. The Hall–Kier alpha value is -1.51. The molecule has 2 saturated carbocycles. The molecule has 1 N–H and O–H groups in total. The van der Waals surface area contributed by atoms with E-state index in [2.05, 4.69) is 25.2 Å². The van der Waals surface area contributed by atoms with Crippen LogP contribution in [0, 0.1) is 32.6 Å². The van der Waals surface area contributed by atoms with E-state index in [0.717, 1.165) is 23.7 Å². The van der Waals surface area contributed by atoms with Crippen LogP contribution in [0.2, 0.25) is 0 Å². The van der Waals surface area contributed by atoms with Crippen LogP contribution in [0.4, 0.5) is 0 Å². The first-order valence-corrected chi connectivity index (χ1v) is 8.49. The largest absolute Gasteiger partial charge is 0.481 e. The van der Waals surface area contributed by atoms with Gasteiger partial charge in [0.2, 0.25) is 0 Å². The minimum Gasteiger partial charge on any atom is -0.481 e. The van der Waals surface area contributed by atoms with Gasteiger partial charge in [0, 0.05) is 6.04 Å². The van der Waals surface area contributed by atoms with Gasteiger partial charge in [-0.2, -0.15) is 0 Å². The summed E-state index contributed by atoms with van der Waals surface area (Å²) in [6.45, 7) is 8.03. The summed E-state index contributed by atoms with van der Waals surface area (Å²) in [5, 5.41) is 3.22. The van der Waals surface area contributed by atoms with E-state index in [1.807, 2.05) is 19.9 Å². The Morgan fingerprint density at radius 3 is 2.64 bits per heavy atom. The number of hydrogen-bond donors (Lipinski definition) is 1. The first-order chi connectivity index (χ1) is 10.4. The van der Waals surface area contributed by atoms with Crippen LogP contribution in [-0.2, 0) is 4.79 Å². The average molecular weight is 301 g/mol. The van der Waals surface area contributed by atoms with Crippen molar-refractivity contribution < 1.29 is 9.53 Å². The fourth-order valence-corrected chi connectivity index (χ4v) is 4.09. The zero-order valence-electron chi connectivity index (χ0n) is 14.1. The minimum absolute atomic E-state index is 0.0242. The maximum Gasteiger partial charge on any atom is 0.261 e. The molecule has 2 aliphatic rings. The van der Waals surface area contributed by atoms with E-state index < -0.39 is 6.10 Å². The topological polar surface area (TPSA) is 38.3 Å². The van der Waals surface area contributed by atoms with E-state index in [9.17, 15) is 4.79 Å². The van der Waals surface area contributed by atoms with Gasteiger partial charge < -0.3 is 10.1 Å². The number of ether oxygens (including phenoxy) is 1. The highest BCUT2D eigenvalue weighted by Gasteiger charge is 2.40. The second-order valence-electron chi connectivity index (χ2n) is 7.25. The summed E-state index contributed by atoms with van der Waals surface area (Å²) in [5.74, 6) is 2.39. The van der Waals surface area contributed by atoms with E-state index in [1.165, 1.54) is 30.4 Å². The highest BCUT2D eigenvalue weighted by atomic mass is 16.5. The number of aryl methyl sites for hydroxylation is 2. The van der Waals surface area contributed by atoms with Gasteiger partial charge in [0.1, 0.15) is 5.75 Å². The van der Waals surface area contributed by atoms with Crippen LogP contribution < -0.4 is 10.1 Å². The van der Waals surface area contributed by atoms with Crippen LogP contribution in [0.1, 0.15) is 49.3 Å². The van der Waals surface area contributed by atoms with Crippen LogP contribution in [0.3, 0.4) is 0 Å². The first-order valence-electron chi connectivity index (χ1n) is 8.49. The van der Waals surface area contributed by atoms with Gasteiger partial charge in [0.25, 0.3) is 5.91 Å². The first kappa shape index (κ1) is 15.4. The molecule has 0 spiro atoms. The molecule has 1 aromatic carbocycles. The summed E-state index contributed by atoms with van der Waals surface area (Å²) in [6, 6.07) is 4.53. The minimum atomic E-state index is -0.445. The third-order valence-corrected chi connectivity index (χ3v) is 5.50. The number of nitrogens with one attached hydrogen (secondary N) is 1. The molecule has 4 atom stereocenters. The van der Waals surface area contributed by atoms with Crippen molar-refractivity contribution in [2.24, 2.45) is 11.8 Å². The van der Waals surface area contributed by atoms with E-state index in [-0.39, 0.29) is 5.91 Å². The Bertz CT molecular complexity index is 581. The van der Waals surface area contributed by atoms with Crippen molar-refractivity contribution in [3.63, 3.8) is 0 Å². The molecule has 2 aliphatic carbocycles. The van der Waals surface area contributed by atoms with E-state index >= 15 is 0 Å². The van der Waals surface area contributed by atoms with E-state index in [4.69, 9.17) is 4.74 Å². The molecule has 2 fully saturated rings. The fraction of sp³-hybridized carbons (Fsp3) is 0.632. The lowest BCUT2D eigenvalue weighted by molar-refractivity contribution is -0.128. The standard InChI is InChI=1S/C19H27NO2/c1-11-7-12(2)13(3)18(8-11)22-14(4)19(21)20-17-10-15-5-6-16(17)9-15/h7-8,14-17H,5-6,9-10H2,1-4H3,(H,20,21)/t14-,15+,16+,17+/m0/s1. The molecule has 1 aromatic rings. The number of rotatable bonds is 4. The van der Waals surface area contributed by atoms with Gasteiger partial charge in [-0.15, -0.1) is 0 Å². The molecule has 3 nitrogen and oxygen atoms in total. The van der Waals surface area contributed by atoms with Crippen molar-refractivity contribution in [2.75, 3.05) is 0 Å². The smallest absolute Gasteiger partial charge is 0.261 e. The van der Waals surface area contributed by atoms with Crippen molar-refractivity contribution in [2.45, 2.75) is 65.5 Å². The van der Waals surface area contributed by atoms with Crippen molar-refractivity contribution in [3.8, 4) is 5.75 Å². The van der Waals surface area contributed by atoms with Crippen LogP contribution in [0.15, 0.2) is 12.1 Å². The van der Waals surface area contributed by atoms with Gasteiger partial charge in [-0.05, 0) is 81.5 Å². The Morgan fingerprint density at radius 2 is 2.00 bits per heavy atom. The third kappa shape index (κ3) is 2.99. The predicted molar refractivity (Wildman–Crippen MR) is 88.1 cm³/mol. The molecule has 22 heavy (non-hydrogen) atoms. The molecule has 3 heteroatoms. The van der Waals surface area contributed by atoms with Gasteiger partial charge in [-0.1, -0.05) is 12.5 Å². The van der Waals surface area contributed by atoms with Crippen LogP contribution in [0.5, 0.6) is 5.75 Å². The van der Waals surface area contributed by atoms with E-state index in [1.54, 1.807) is 0 Å². The zero-order valence-corrected chi connectivity index (χ0v) is 14.1. The summed E-state index contributed by atoms with van der Waals surface area (Å²) >= 11 is 0. The maximum atomic E-state index is 12.4. The normalized spacial score (nSPS) is 27.7. The Morgan fingerprint density at radius 1 is 1.23 bits per heavy atom. The summed E-state index contributed by atoms with van der Waals surface area (Å²) < 4.78 is 5.95. The second-order valence-corrected chi connectivity index (χ2v) is 7.25. The zero-order chi connectivity index (χ0) is 15.9. The summed E-state index contributed by atoms with van der Waals surface area (Å²) in [4.78, 5) is 12.4. The van der Waals surface area contributed by atoms with Crippen molar-refractivity contribution in [1.29, 1.82) is 0 Å². The van der Waals surface area contributed by atoms with Crippen molar-refractivity contribution in [1.82, 2.24) is 5.32 Å². The van der Waals surface area contributed by atoms with Crippen molar-refractivity contribution in [3.05, 3.63) is 28.8 Å². The molecule has 0 saturated heterocycles. The molecule has 3 rings (SSSR count). The number of amides is 1. The molecule has 0 unspecified atom stereocenters. The van der Waals surface area contributed by atoms with Crippen LogP contribution in [0.25, 0.3) is 0 Å². The molecule has 0 aliphatic heterocycles. The summed E-state index contributed by atoms with van der Waals surface area (Å²) in [7, 11) is 0. The third-order valence-electron chi connectivity index (χ3n) is 5.50. The fourth-order valence-electron chi connectivity index (χ4n) is 4.09. The molecule has 0 heterocycles. The highest BCUT2D eigenvalue weighted by Crippen LogP contribution is 2.44. The number of carbonyl (C=O) groups excluding carboxylic acids is 1. The lowest BCUT2D eigenvalue weighted by atomic mass is 9.95. The van der Waals surface area contributed by atoms with E-state index in [0.29, 0.717) is 12.0 Å². The number of benzene rings is 1. The quantitative estimate of drug-likeness (QED) is 0.921. The lowest BCUT2D eigenvalue weighted by Crippen LogP contribution is -2.44. The number of carbonyl (C=O) groups is 1. The van der Waals surface area contributed by atoms with Crippen molar-refractivity contribution >= 4 is 5.91 Å². The van der Waals surface area contributed by atoms with Gasteiger partial charge in [-0.3, -0.25) is 4.79 Å².